The fourth-order valence-corrected chi connectivity index (χ4v) is 0.867. The van der Waals surface area contributed by atoms with Crippen LogP contribution in [0, 0.1) is 5.92 Å². The molecule has 1 saturated carbocycles. The molecule has 0 radical (unpaired) electrons. The maximum absolute atomic E-state index is 5.37. The Morgan fingerprint density at radius 3 is 1.64 bits per heavy atom. The zero-order valence-corrected chi connectivity index (χ0v) is 9.77. The van der Waals surface area contributed by atoms with Crippen LogP contribution in [0.1, 0.15) is 32.6 Å². The first-order chi connectivity index (χ1) is 4.79. The smallest absolute Gasteiger partial charge is 0.321 e. The van der Waals surface area contributed by atoms with Crippen LogP contribution in [0.2, 0.25) is 0 Å². The fraction of sp³-hybridized carbons (Fsp3) is 0.875. The summed E-state index contributed by atoms with van der Waals surface area (Å²) < 4.78 is 0. The van der Waals surface area contributed by atoms with Crippen LogP contribution in [0.4, 0.5) is 0 Å². The summed E-state index contributed by atoms with van der Waals surface area (Å²) in [6.45, 7) is 4.39. The molecular weight excluding hydrogens is 147 g/mol. The first-order valence-corrected chi connectivity index (χ1v) is 4.10. The zero-order chi connectivity index (χ0) is 7.40. The molecule has 3 heteroatoms. The molecule has 2 fully saturated rings. The Morgan fingerprint density at radius 1 is 1.18 bits per heavy atom. The molecule has 2 aliphatic rings. The SMILES string of the molecule is C[C-]1CC1.NN1CCCC1.[Na+]. The van der Waals surface area contributed by atoms with Crippen molar-refractivity contribution >= 4 is 0 Å². The average Bonchev–Trinajstić information content (AvgIpc) is 2.50. The Balaban J connectivity index is 0.000000177. The third-order valence-electron chi connectivity index (χ3n) is 1.89. The zero-order valence-electron chi connectivity index (χ0n) is 7.77. The van der Waals surface area contributed by atoms with Gasteiger partial charge < -0.3 is 5.92 Å². The summed E-state index contributed by atoms with van der Waals surface area (Å²) in [6.07, 6.45) is 5.38. The van der Waals surface area contributed by atoms with Crippen LogP contribution in [0.15, 0.2) is 0 Å². The molecule has 0 aromatic heterocycles. The van der Waals surface area contributed by atoms with Gasteiger partial charge in [0.1, 0.15) is 0 Å². The topological polar surface area (TPSA) is 29.3 Å². The molecular formula is C8H17N2Na. The van der Waals surface area contributed by atoms with E-state index in [4.69, 9.17) is 5.84 Å². The van der Waals surface area contributed by atoms with Crippen LogP contribution < -0.4 is 35.4 Å². The quantitative estimate of drug-likeness (QED) is 0.264. The Hall–Kier alpha value is 0.920. The van der Waals surface area contributed by atoms with Gasteiger partial charge in [-0.05, 0) is 12.8 Å². The average molecular weight is 164 g/mol. The van der Waals surface area contributed by atoms with Crippen LogP contribution in [0.3, 0.4) is 0 Å². The van der Waals surface area contributed by atoms with Gasteiger partial charge in [-0.15, -0.1) is 0 Å². The standard InChI is InChI=1S/C4H10N2.C4H7.Na/c5-6-3-1-2-4-6;1-4-2-3-4;/h1-5H2;2-3H2,1H3;/q;-1;+1. The molecule has 0 aromatic carbocycles. The molecule has 1 heterocycles. The summed E-state index contributed by atoms with van der Waals surface area (Å²) >= 11 is 0. The van der Waals surface area contributed by atoms with E-state index in [-0.39, 0.29) is 29.6 Å². The number of hydrogen-bond acceptors (Lipinski definition) is 2. The molecule has 2 rings (SSSR count). The van der Waals surface area contributed by atoms with E-state index in [1.54, 1.807) is 5.92 Å². The number of hydrogen-bond donors (Lipinski definition) is 1. The molecule has 0 atom stereocenters. The third kappa shape index (κ3) is 7.29. The Kier molecular flexibility index (Phi) is 6.98. The van der Waals surface area contributed by atoms with Crippen LogP contribution in [0.25, 0.3) is 0 Å². The summed E-state index contributed by atoms with van der Waals surface area (Å²) in [4.78, 5) is 0. The second-order valence-corrected chi connectivity index (χ2v) is 3.20. The van der Waals surface area contributed by atoms with E-state index in [0.29, 0.717) is 0 Å². The van der Waals surface area contributed by atoms with Crippen molar-refractivity contribution in [2.24, 2.45) is 5.84 Å². The third-order valence-corrected chi connectivity index (χ3v) is 1.89. The van der Waals surface area contributed by atoms with Crippen molar-refractivity contribution in [2.75, 3.05) is 13.1 Å². The van der Waals surface area contributed by atoms with Crippen molar-refractivity contribution in [1.29, 1.82) is 0 Å². The summed E-state index contributed by atoms with van der Waals surface area (Å²) in [5, 5.41) is 1.86. The van der Waals surface area contributed by atoms with Crippen LogP contribution >= 0.6 is 0 Å². The number of nitrogens with zero attached hydrogens (tertiary/aromatic N) is 1. The van der Waals surface area contributed by atoms with Crippen LogP contribution in [-0.2, 0) is 0 Å². The maximum atomic E-state index is 5.37. The van der Waals surface area contributed by atoms with E-state index >= 15 is 0 Å². The molecule has 1 aliphatic heterocycles. The van der Waals surface area contributed by atoms with Gasteiger partial charge in [-0.3, -0.25) is 5.84 Å². The van der Waals surface area contributed by atoms with Gasteiger partial charge in [-0.2, -0.15) is 6.92 Å². The summed E-state index contributed by atoms with van der Waals surface area (Å²) in [5.41, 5.74) is 0. The largest absolute Gasteiger partial charge is 1.00 e. The van der Waals surface area contributed by atoms with Gasteiger partial charge in [-0.1, -0.05) is 0 Å². The maximum Gasteiger partial charge on any atom is 1.00 e. The van der Waals surface area contributed by atoms with Crippen LogP contribution in [0.5, 0.6) is 0 Å². The molecule has 0 amide bonds. The van der Waals surface area contributed by atoms with Crippen molar-refractivity contribution in [3.8, 4) is 0 Å². The summed E-state index contributed by atoms with van der Waals surface area (Å²) in [5.74, 6) is 7.03. The fourth-order valence-electron chi connectivity index (χ4n) is 0.867. The van der Waals surface area contributed by atoms with E-state index in [0.717, 1.165) is 13.1 Å². The predicted molar refractivity (Wildman–Crippen MR) is 43.1 cm³/mol. The summed E-state index contributed by atoms with van der Waals surface area (Å²) in [7, 11) is 0. The molecule has 1 aliphatic carbocycles. The van der Waals surface area contributed by atoms with Crippen LogP contribution in [-0.4, -0.2) is 18.1 Å². The van der Waals surface area contributed by atoms with E-state index < -0.39 is 0 Å². The van der Waals surface area contributed by atoms with Crippen molar-refractivity contribution in [3.63, 3.8) is 0 Å². The van der Waals surface area contributed by atoms with Crippen molar-refractivity contribution in [3.05, 3.63) is 5.92 Å². The van der Waals surface area contributed by atoms with Crippen molar-refractivity contribution in [2.45, 2.75) is 32.6 Å². The molecule has 0 aromatic rings. The molecule has 1 saturated heterocycles. The van der Waals surface area contributed by atoms with E-state index in [1.165, 1.54) is 25.7 Å². The van der Waals surface area contributed by atoms with Crippen molar-refractivity contribution in [1.82, 2.24) is 5.01 Å². The normalized spacial score (nSPS) is 23.5. The van der Waals surface area contributed by atoms with E-state index in [9.17, 15) is 0 Å². The van der Waals surface area contributed by atoms with Crippen molar-refractivity contribution < 1.29 is 29.6 Å². The predicted octanol–water partition coefficient (Wildman–Crippen LogP) is -1.67. The van der Waals surface area contributed by atoms with Gasteiger partial charge in [-0.25, -0.2) is 17.9 Å². The van der Waals surface area contributed by atoms with Gasteiger partial charge >= 0.3 is 29.6 Å². The minimum Gasteiger partial charge on any atom is -0.321 e. The first-order valence-electron chi connectivity index (χ1n) is 4.10. The monoisotopic (exact) mass is 164 g/mol. The second kappa shape index (κ2) is 6.44. The molecule has 2 N–H and O–H groups in total. The molecule has 0 bridgehead atoms. The Morgan fingerprint density at radius 2 is 1.55 bits per heavy atom. The van der Waals surface area contributed by atoms with Gasteiger partial charge in [0, 0.05) is 13.1 Å². The Bertz CT molecular complexity index is 88.1. The minimum atomic E-state index is 0. The molecule has 2 nitrogen and oxygen atoms in total. The van der Waals surface area contributed by atoms with E-state index in [2.05, 4.69) is 6.92 Å². The van der Waals surface area contributed by atoms with E-state index in [1.807, 2.05) is 5.01 Å². The second-order valence-electron chi connectivity index (χ2n) is 3.20. The van der Waals surface area contributed by atoms with Gasteiger partial charge in [0.05, 0.1) is 0 Å². The number of hydrazine groups is 1. The number of rotatable bonds is 0. The number of nitrogens with two attached hydrogens (primary N) is 1. The molecule has 11 heavy (non-hydrogen) atoms. The minimum absolute atomic E-state index is 0. The molecule has 60 valence electrons. The van der Waals surface area contributed by atoms with Gasteiger partial charge in [0.2, 0.25) is 0 Å². The molecule has 0 unspecified atom stereocenters. The van der Waals surface area contributed by atoms with Gasteiger partial charge in [0.15, 0.2) is 0 Å². The first kappa shape index (κ1) is 11.9. The summed E-state index contributed by atoms with van der Waals surface area (Å²) in [6, 6.07) is 0. The Labute approximate surface area is 91.8 Å². The van der Waals surface area contributed by atoms with Gasteiger partial charge in [0.25, 0.3) is 0 Å². The molecule has 0 spiro atoms.